The van der Waals surface area contributed by atoms with Crippen LogP contribution in [0.15, 0.2) is 18.2 Å². The van der Waals surface area contributed by atoms with Gasteiger partial charge in [0.25, 0.3) is 5.69 Å². The van der Waals surface area contributed by atoms with E-state index in [9.17, 15) is 19.7 Å². The third-order valence-corrected chi connectivity index (χ3v) is 3.01. The fraction of sp³-hybridized carbons (Fsp3) is 0.385. The molecule has 120 valence electrons. The van der Waals surface area contributed by atoms with E-state index in [1.165, 1.54) is 12.1 Å². The Bertz CT molecular complexity index is 577. The van der Waals surface area contributed by atoms with Crippen LogP contribution in [0.2, 0.25) is 5.02 Å². The Balaban J connectivity index is 2.59. The third-order valence-electron chi connectivity index (χ3n) is 2.68. The molecule has 1 aromatic carbocycles. The first kappa shape index (κ1) is 17.9. The lowest BCUT2D eigenvalue weighted by Gasteiger charge is -2.10. The molecule has 22 heavy (non-hydrogen) atoms. The summed E-state index contributed by atoms with van der Waals surface area (Å²) < 4.78 is 0. The largest absolute Gasteiger partial charge is 0.348 e. The number of nitro benzene ring substituents is 1. The van der Waals surface area contributed by atoms with Crippen molar-refractivity contribution in [3.63, 3.8) is 0 Å². The van der Waals surface area contributed by atoms with Gasteiger partial charge in [-0.3, -0.25) is 19.7 Å². The van der Waals surface area contributed by atoms with Gasteiger partial charge in [0.2, 0.25) is 0 Å². The standard InChI is InChI=1S/C13H17ClN4O4/c1-17(2)7-3-6-15-12(19)13(20)16-11-8-9(18(21)22)4-5-10(11)14/h4-5,8H,3,6-7H2,1-2H3,(H,15,19)(H,16,20). The maximum Gasteiger partial charge on any atom is 0.313 e. The Morgan fingerprint density at radius 1 is 1.32 bits per heavy atom. The maximum atomic E-state index is 11.7. The molecule has 8 nitrogen and oxygen atoms in total. The molecule has 0 aliphatic carbocycles. The molecule has 2 N–H and O–H groups in total. The molecule has 0 atom stereocenters. The van der Waals surface area contributed by atoms with Gasteiger partial charge in [-0.15, -0.1) is 0 Å². The first-order valence-corrected chi connectivity index (χ1v) is 6.87. The predicted octanol–water partition coefficient (Wildman–Crippen LogP) is 1.25. The number of non-ortho nitro benzene ring substituents is 1. The van der Waals surface area contributed by atoms with Crippen LogP contribution in [-0.2, 0) is 9.59 Å². The minimum atomic E-state index is -0.924. The van der Waals surface area contributed by atoms with Crippen molar-refractivity contribution in [3.8, 4) is 0 Å². The number of amides is 2. The fourth-order valence-corrected chi connectivity index (χ4v) is 1.74. The van der Waals surface area contributed by atoms with Crippen molar-refractivity contribution in [1.29, 1.82) is 0 Å². The lowest BCUT2D eigenvalue weighted by atomic mass is 10.2. The van der Waals surface area contributed by atoms with Crippen molar-refractivity contribution < 1.29 is 14.5 Å². The molecule has 1 aromatic rings. The fourth-order valence-electron chi connectivity index (χ4n) is 1.58. The number of nitro groups is 1. The highest BCUT2D eigenvalue weighted by molar-refractivity contribution is 6.41. The number of hydrogen-bond acceptors (Lipinski definition) is 5. The van der Waals surface area contributed by atoms with Crippen LogP contribution in [-0.4, -0.2) is 48.8 Å². The molecule has 1 rings (SSSR count). The first-order valence-electron chi connectivity index (χ1n) is 6.49. The van der Waals surface area contributed by atoms with Crippen LogP contribution in [0.5, 0.6) is 0 Å². The zero-order valence-corrected chi connectivity index (χ0v) is 13.0. The Labute approximate surface area is 132 Å². The highest BCUT2D eigenvalue weighted by Gasteiger charge is 2.17. The van der Waals surface area contributed by atoms with Gasteiger partial charge in [0.1, 0.15) is 0 Å². The highest BCUT2D eigenvalue weighted by Crippen LogP contribution is 2.26. The number of rotatable bonds is 6. The first-order chi connectivity index (χ1) is 10.3. The van der Waals surface area contributed by atoms with Crippen LogP contribution >= 0.6 is 11.6 Å². The average Bonchev–Trinajstić information content (AvgIpc) is 2.45. The van der Waals surface area contributed by atoms with Crippen LogP contribution in [0.1, 0.15) is 6.42 Å². The van der Waals surface area contributed by atoms with Gasteiger partial charge in [-0.05, 0) is 33.1 Å². The van der Waals surface area contributed by atoms with Gasteiger partial charge in [0, 0.05) is 18.7 Å². The van der Waals surface area contributed by atoms with E-state index in [0.717, 1.165) is 12.6 Å². The molecule has 0 radical (unpaired) electrons. The number of hydrogen-bond donors (Lipinski definition) is 2. The van der Waals surface area contributed by atoms with Crippen LogP contribution in [0, 0.1) is 10.1 Å². The summed E-state index contributed by atoms with van der Waals surface area (Å²) in [7, 11) is 3.80. The van der Waals surface area contributed by atoms with Crippen molar-refractivity contribution >= 4 is 34.8 Å². The molecular weight excluding hydrogens is 312 g/mol. The van der Waals surface area contributed by atoms with E-state index in [1.807, 2.05) is 19.0 Å². The van der Waals surface area contributed by atoms with Crippen LogP contribution in [0.4, 0.5) is 11.4 Å². The minimum absolute atomic E-state index is 0.0179. The summed E-state index contributed by atoms with van der Waals surface area (Å²) in [6.07, 6.45) is 0.698. The minimum Gasteiger partial charge on any atom is -0.348 e. The van der Waals surface area contributed by atoms with Crippen molar-refractivity contribution in [1.82, 2.24) is 10.2 Å². The van der Waals surface area contributed by atoms with Gasteiger partial charge in [0.05, 0.1) is 15.6 Å². The Kier molecular flexibility index (Phi) is 6.74. The Morgan fingerprint density at radius 2 is 2.00 bits per heavy atom. The molecule has 0 spiro atoms. The molecule has 2 amide bonds. The van der Waals surface area contributed by atoms with E-state index < -0.39 is 16.7 Å². The SMILES string of the molecule is CN(C)CCCNC(=O)C(=O)Nc1cc([N+](=O)[O-])ccc1Cl. The molecule has 0 aliphatic heterocycles. The number of nitrogens with one attached hydrogen (secondary N) is 2. The van der Waals surface area contributed by atoms with Crippen molar-refractivity contribution in [2.24, 2.45) is 0 Å². The molecule has 0 aliphatic rings. The summed E-state index contributed by atoms with van der Waals surface area (Å²) in [4.78, 5) is 35.3. The van der Waals surface area contributed by atoms with Gasteiger partial charge in [-0.25, -0.2) is 0 Å². The number of benzene rings is 1. The Hall–Kier alpha value is -2.19. The van der Waals surface area contributed by atoms with Crippen molar-refractivity contribution in [2.45, 2.75) is 6.42 Å². The van der Waals surface area contributed by atoms with E-state index in [2.05, 4.69) is 10.6 Å². The van der Waals surface area contributed by atoms with E-state index in [4.69, 9.17) is 11.6 Å². The Morgan fingerprint density at radius 3 is 2.59 bits per heavy atom. The third kappa shape index (κ3) is 5.66. The molecule has 9 heteroatoms. The number of carbonyl (C=O) groups is 2. The lowest BCUT2D eigenvalue weighted by Crippen LogP contribution is -2.36. The summed E-state index contributed by atoms with van der Waals surface area (Å²) in [6.45, 7) is 1.13. The second kappa shape index (κ2) is 8.30. The molecule has 0 saturated heterocycles. The van der Waals surface area contributed by atoms with Crippen LogP contribution in [0.25, 0.3) is 0 Å². The lowest BCUT2D eigenvalue weighted by molar-refractivity contribution is -0.384. The highest BCUT2D eigenvalue weighted by atomic mass is 35.5. The number of carbonyl (C=O) groups excluding carboxylic acids is 2. The van der Waals surface area contributed by atoms with Gasteiger partial charge < -0.3 is 15.5 Å². The normalized spacial score (nSPS) is 10.4. The van der Waals surface area contributed by atoms with Gasteiger partial charge >= 0.3 is 11.8 Å². The predicted molar refractivity (Wildman–Crippen MR) is 82.9 cm³/mol. The topological polar surface area (TPSA) is 105 Å². The van der Waals surface area contributed by atoms with Gasteiger partial charge in [0.15, 0.2) is 0 Å². The molecule has 0 fully saturated rings. The molecule has 0 heterocycles. The molecule has 0 aromatic heterocycles. The second-order valence-electron chi connectivity index (χ2n) is 4.79. The maximum absolute atomic E-state index is 11.7. The van der Waals surface area contributed by atoms with Crippen LogP contribution < -0.4 is 10.6 Å². The zero-order valence-electron chi connectivity index (χ0n) is 12.3. The van der Waals surface area contributed by atoms with E-state index in [0.29, 0.717) is 13.0 Å². The zero-order chi connectivity index (χ0) is 16.7. The van der Waals surface area contributed by atoms with Crippen LogP contribution in [0.3, 0.4) is 0 Å². The molecular formula is C13H17ClN4O4. The number of anilines is 1. The second-order valence-corrected chi connectivity index (χ2v) is 5.20. The molecule has 0 saturated carbocycles. The summed E-state index contributed by atoms with van der Waals surface area (Å²) >= 11 is 5.84. The summed E-state index contributed by atoms with van der Waals surface area (Å²) in [5.41, 5.74) is -0.213. The summed E-state index contributed by atoms with van der Waals surface area (Å²) in [6, 6.07) is 3.59. The monoisotopic (exact) mass is 328 g/mol. The van der Waals surface area contributed by atoms with Gasteiger partial charge in [-0.2, -0.15) is 0 Å². The number of nitrogens with zero attached hydrogens (tertiary/aromatic N) is 2. The van der Waals surface area contributed by atoms with Crippen molar-refractivity contribution in [3.05, 3.63) is 33.3 Å². The van der Waals surface area contributed by atoms with Gasteiger partial charge in [-0.1, -0.05) is 11.6 Å². The molecule has 0 unspecified atom stereocenters. The average molecular weight is 329 g/mol. The molecule has 0 bridgehead atoms. The summed E-state index contributed by atoms with van der Waals surface area (Å²) in [5, 5.41) is 15.5. The van der Waals surface area contributed by atoms with E-state index in [1.54, 1.807) is 0 Å². The smallest absolute Gasteiger partial charge is 0.313 e. The summed E-state index contributed by atoms with van der Waals surface area (Å²) in [5.74, 6) is -1.74. The number of halogens is 1. The quantitative estimate of drug-likeness (QED) is 0.354. The van der Waals surface area contributed by atoms with Crippen molar-refractivity contribution in [2.75, 3.05) is 32.5 Å². The van der Waals surface area contributed by atoms with E-state index >= 15 is 0 Å². The van der Waals surface area contributed by atoms with E-state index in [-0.39, 0.29) is 16.4 Å².